The van der Waals surface area contributed by atoms with Crippen molar-refractivity contribution in [3.63, 3.8) is 0 Å². The van der Waals surface area contributed by atoms with Crippen LogP contribution < -0.4 is 19.5 Å². The van der Waals surface area contributed by atoms with Gasteiger partial charge in [-0.2, -0.15) is 0 Å². The standard InChI is InChI=1S/C22H26N2O4/c1-26-18-9-7-17(8-10-18)19-5-3-2-4-12-24(19)22(25)23-14-16-6-11-20-21(13-16)28-15-27-20/h6-11,13,19H,2-5,12,14-15H2,1H3,(H,23,25). The summed E-state index contributed by atoms with van der Waals surface area (Å²) in [5.41, 5.74) is 2.15. The van der Waals surface area contributed by atoms with Crippen LogP contribution in [0.4, 0.5) is 4.79 Å². The zero-order valence-corrected chi connectivity index (χ0v) is 16.1. The van der Waals surface area contributed by atoms with Gasteiger partial charge in [-0.3, -0.25) is 0 Å². The van der Waals surface area contributed by atoms with E-state index in [0.717, 1.165) is 60.6 Å². The molecule has 2 amide bonds. The van der Waals surface area contributed by atoms with Gasteiger partial charge in [-0.05, 0) is 48.2 Å². The Morgan fingerprint density at radius 1 is 1.11 bits per heavy atom. The Labute approximate surface area is 165 Å². The molecule has 2 heterocycles. The molecule has 1 saturated heterocycles. The molecule has 0 spiro atoms. The van der Waals surface area contributed by atoms with Crippen molar-refractivity contribution in [3.05, 3.63) is 53.6 Å². The summed E-state index contributed by atoms with van der Waals surface area (Å²) in [6, 6.07) is 13.9. The van der Waals surface area contributed by atoms with Crippen molar-refractivity contribution < 1.29 is 19.0 Å². The van der Waals surface area contributed by atoms with Gasteiger partial charge in [0.2, 0.25) is 6.79 Å². The second-order valence-electron chi connectivity index (χ2n) is 7.18. The number of nitrogens with one attached hydrogen (secondary N) is 1. The van der Waals surface area contributed by atoms with Gasteiger partial charge in [-0.1, -0.05) is 31.0 Å². The fourth-order valence-electron chi connectivity index (χ4n) is 3.85. The molecule has 0 saturated carbocycles. The highest BCUT2D eigenvalue weighted by molar-refractivity contribution is 5.75. The minimum atomic E-state index is -0.0274. The Bertz CT molecular complexity index is 822. The lowest BCUT2D eigenvalue weighted by molar-refractivity contribution is 0.173. The van der Waals surface area contributed by atoms with Gasteiger partial charge in [0, 0.05) is 13.1 Å². The highest BCUT2D eigenvalue weighted by atomic mass is 16.7. The van der Waals surface area contributed by atoms with Gasteiger partial charge < -0.3 is 24.4 Å². The Morgan fingerprint density at radius 2 is 1.93 bits per heavy atom. The highest BCUT2D eigenvalue weighted by Gasteiger charge is 2.26. The minimum Gasteiger partial charge on any atom is -0.497 e. The molecule has 6 heteroatoms. The van der Waals surface area contributed by atoms with Crippen LogP contribution in [-0.4, -0.2) is 31.4 Å². The minimum absolute atomic E-state index is 0.0274. The second-order valence-corrected chi connectivity index (χ2v) is 7.18. The maximum atomic E-state index is 13.0. The van der Waals surface area contributed by atoms with E-state index in [1.54, 1.807) is 7.11 Å². The van der Waals surface area contributed by atoms with Crippen LogP contribution in [0, 0.1) is 0 Å². The first-order valence-corrected chi connectivity index (χ1v) is 9.81. The van der Waals surface area contributed by atoms with Crippen LogP contribution in [-0.2, 0) is 6.54 Å². The van der Waals surface area contributed by atoms with E-state index >= 15 is 0 Å². The first-order chi connectivity index (χ1) is 13.7. The molecule has 2 aliphatic heterocycles. The second kappa shape index (κ2) is 8.42. The summed E-state index contributed by atoms with van der Waals surface area (Å²) in [5.74, 6) is 2.32. The van der Waals surface area contributed by atoms with E-state index in [-0.39, 0.29) is 18.9 Å². The lowest BCUT2D eigenvalue weighted by Crippen LogP contribution is -2.41. The smallest absolute Gasteiger partial charge is 0.318 e. The number of carbonyl (C=O) groups is 1. The van der Waals surface area contributed by atoms with Crippen LogP contribution in [0.2, 0.25) is 0 Å². The lowest BCUT2D eigenvalue weighted by atomic mass is 10.0. The average Bonchev–Trinajstić information content (AvgIpc) is 3.06. The monoisotopic (exact) mass is 382 g/mol. The highest BCUT2D eigenvalue weighted by Crippen LogP contribution is 2.33. The summed E-state index contributed by atoms with van der Waals surface area (Å²) in [6.07, 6.45) is 4.29. The molecule has 1 unspecified atom stereocenters. The van der Waals surface area contributed by atoms with E-state index in [9.17, 15) is 4.79 Å². The van der Waals surface area contributed by atoms with Crippen LogP contribution in [0.15, 0.2) is 42.5 Å². The van der Waals surface area contributed by atoms with Crippen molar-refractivity contribution in [2.45, 2.75) is 38.3 Å². The SMILES string of the molecule is COc1ccc(C2CCCCCN2C(=O)NCc2ccc3c(c2)OCO3)cc1. The van der Waals surface area contributed by atoms with Crippen LogP contribution >= 0.6 is 0 Å². The van der Waals surface area contributed by atoms with Crippen molar-refractivity contribution in [2.24, 2.45) is 0 Å². The summed E-state index contributed by atoms with van der Waals surface area (Å²) in [4.78, 5) is 15.0. The molecule has 6 nitrogen and oxygen atoms in total. The van der Waals surface area contributed by atoms with Gasteiger partial charge in [-0.15, -0.1) is 0 Å². The van der Waals surface area contributed by atoms with E-state index in [1.165, 1.54) is 0 Å². The quantitative estimate of drug-likeness (QED) is 0.859. The van der Waals surface area contributed by atoms with Crippen LogP contribution in [0.1, 0.15) is 42.9 Å². The van der Waals surface area contributed by atoms with Gasteiger partial charge in [0.1, 0.15) is 5.75 Å². The molecule has 1 fully saturated rings. The van der Waals surface area contributed by atoms with Crippen molar-refractivity contribution in [2.75, 3.05) is 20.4 Å². The van der Waals surface area contributed by atoms with E-state index in [0.29, 0.717) is 6.54 Å². The molecule has 0 bridgehead atoms. The third kappa shape index (κ3) is 4.01. The third-order valence-corrected chi connectivity index (χ3v) is 5.39. The Hall–Kier alpha value is -2.89. The van der Waals surface area contributed by atoms with Crippen molar-refractivity contribution in [1.29, 1.82) is 0 Å². The molecule has 1 atom stereocenters. The van der Waals surface area contributed by atoms with E-state index in [1.807, 2.05) is 35.2 Å². The molecular formula is C22H26N2O4. The van der Waals surface area contributed by atoms with Crippen LogP contribution in [0.5, 0.6) is 17.2 Å². The number of methoxy groups -OCH3 is 1. The Kier molecular flexibility index (Phi) is 5.55. The summed E-state index contributed by atoms with van der Waals surface area (Å²) in [7, 11) is 1.66. The number of likely N-dealkylation sites (tertiary alicyclic amines) is 1. The van der Waals surface area contributed by atoms with Crippen LogP contribution in [0.3, 0.4) is 0 Å². The number of benzene rings is 2. The van der Waals surface area contributed by atoms with E-state index in [4.69, 9.17) is 14.2 Å². The zero-order valence-electron chi connectivity index (χ0n) is 16.1. The van der Waals surface area contributed by atoms with Gasteiger partial charge in [0.05, 0.1) is 13.2 Å². The predicted molar refractivity (Wildman–Crippen MR) is 106 cm³/mol. The first kappa shape index (κ1) is 18.5. The molecule has 0 radical (unpaired) electrons. The molecule has 0 aliphatic carbocycles. The topological polar surface area (TPSA) is 60.0 Å². The molecule has 28 heavy (non-hydrogen) atoms. The number of amides is 2. The number of fused-ring (bicyclic) bond motifs is 1. The van der Waals surface area contributed by atoms with Gasteiger partial charge in [-0.25, -0.2) is 4.79 Å². The van der Waals surface area contributed by atoms with E-state index < -0.39 is 0 Å². The maximum Gasteiger partial charge on any atom is 0.318 e. The molecule has 1 N–H and O–H groups in total. The number of nitrogens with zero attached hydrogens (tertiary/aromatic N) is 1. The summed E-state index contributed by atoms with van der Waals surface area (Å²) in [5, 5.41) is 3.08. The number of rotatable bonds is 4. The molecule has 0 aromatic heterocycles. The van der Waals surface area contributed by atoms with Gasteiger partial charge >= 0.3 is 6.03 Å². The molecule has 2 aromatic carbocycles. The third-order valence-electron chi connectivity index (χ3n) is 5.39. The van der Waals surface area contributed by atoms with Crippen molar-refractivity contribution >= 4 is 6.03 Å². The normalized spacial score (nSPS) is 18.5. The predicted octanol–water partition coefficient (Wildman–Crippen LogP) is 4.25. The van der Waals surface area contributed by atoms with E-state index in [2.05, 4.69) is 17.4 Å². The first-order valence-electron chi connectivity index (χ1n) is 9.81. The lowest BCUT2D eigenvalue weighted by Gasteiger charge is -2.30. The fourth-order valence-corrected chi connectivity index (χ4v) is 3.85. The number of urea groups is 1. The summed E-state index contributed by atoms with van der Waals surface area (Å²) < 4.78 is 16.0. The zero-order chi connectivity index (χ0) is 19.3. The molecular weight excluding hydrogens is 356 g/mol. The number of ether oxygens (including phenoxy) is 3. The maximum absolute atomic E-state index is 13.0. The number of hydrogen-bond donors (Lipinski definition) is 1. The molecule has 148 valence electrons. The summed E-state index contributed by atoms with van der Waals surface area (Å²) >= 11 is 0. The Morgan fingerprint density at radius 3 is 2.75 bits per heavy atom. The van der Waals surface area contributed by atoms with Crippen molar-refractivity contribution in [1.82, 2.24) is 10.2 Å². The van der Waals surface area contributed by atoms with Gasteiger partial charge in [0.25, 0.3) is 0 Å². The largest absolute Gasteiger partial charge is 0.497 e. The average molecular weight is 382 g/mol. The molecule has 2 aromatic rings. The summed E-state index contributed by atoms with van der Waals surface area (Å²) in [6.45, 7) is 1.48. The van der Waals surface area contributed by atoms with Crippen molar-refractivity contribution in [3.8, 4) is 17.2 Å². The number of carbonyl (C=O) groups excluding carboxylic acids is 1. The fraction of sp³-hybridized carbons (Fsp3) is 0.409. The van der Waals surface area contributed by atoms with Crippen LogP contribution in [0.25, 0.3) is 0 Å². The molecule has 2 aliphatic rings. The number of hydrogen-bond acceptors (Lipinski definition) is 4. The Balaban J connectivity index is 1.45. The van der Waals surface area contributed by atoms with Gasteiger partial charge in [0.15, 0.2) is 11.5 Å². The molecule has 4 rings (SSSR count).